The maximum atomic E-state index is 11.6. The Morgan fingerprint density at radius 3 is 2.81 bits per heavy atom. The van der Waals surface area contributed by atoms with Gasteiger partial charge in [0.25, 0.3) is 5.91 Å². The van der Waals surface area contributed by atoms with E-state index in [-0.39, 0.29) is 5.91 Å². The van der Waals surface area contributed by atoms with E-state index in [4.69, 9.17) is 0 Å². The molecule has 0 spiro atoms. The molecule has 0 bridgehead atoms. The Hall–Kier alpha value is -1.08. The molecule has 0 saturated heterocycles. The summed E-state index contributed by atoms with van der Waals surface area (Å²) in [5.74, 6) is -0.0473. The van der Waals surface area contributed by atoms with Gasteiger partial charge in [0.1, 0.15) is 0 Å². The fraction of sp³-hybridized carbons (Fsp3) is 0.312. The number of carbonyl (C=O) groups excluding carboxylic acids is 1. The van der Waals surface area contributed by atoms with Crippen molar-refractivity contribution in [3.63, 3.8) is 0 Å². The summed E-state index contributed by atoms with van der Waals surface area (Å²) < 4.78 is 1.36. The van der Waals surface area contributed by atoms with E-state index in [9.17, 15) is 4.79 Å². The smallest absolute Gasteiger partial charge is 0.251 e. The van der Waals surface area contributed by atoms with E-state index < -0.39 is 0 Å². The van der Waals surface area contributed by atoms with Crippen LogP contribution in [0.4, 0.5) is 5.69 Å². The third-order valence-corrected chi connectivity index (χ3v) is 5.77. The van der Waals surface area contributed by atoms with Crippen LogP contribution in [-0.4, -0.2) is 13.0 Å². The number of anilines is 1. The van der Waals surface area contributed by atoms with Gasteiger partial charge in [-0.3, -0.25) is 4.79 Å². The van der Waals surface area contributed by atoms with E-state index >= 15 is 0 Å². The molecule has 1 aliphatic rings. The molecule has 5 heteroatoms. The molecule has 1 atom stereocenters. The molecule has 1 unspecified atom stereocenters. The van der Waals surface area contributed by atoms with E-state index in [1.54, 1.807) is 7.05 Å². The van der Waals surface area contributed by atoms with Crippen molar-refractivity contribution in [3.05, 3.63) is 49.2 Å². The zero-order valence-electron chi connectivity index (χ0n) is 11.8. The monoisotopic (exact) mass is 412 g/mol. The second kappa shape index (κ2) is 6.36. The number of hydrogen-bond acceptors (Lipinski definition) is 3. The molecule has 2 N–H and O–H groups in total. The first-order valence-electron chi connectivity index (χ1n) is 7.04. The van der Waals surface area contributed by atoms with Gasteiger partial charge in [-0.1, -0.05) is 0 Å². The van der Waals surface area contributed by atoms with Crippen LogP contribution in [0.5, 0.6) is 0 Å². The molecule has 1 aliphatic carbocycles. The lowest BCUT2D eigenvalue weighted by Gasteiger charge is -2.24. The predicted octanol–water partition coefficient (Wildman–Crippen LogP) is 4.20. The van der Waals surface area contributed by atoms with Crippen LogP contribution < -0.4 is 10.6 Å². The minimum absolute atomic E-state index is 0.0473. The van der Waals surface area contributed by atoms with Crippen LogP contribution >= 0.6 is 33.9 Å². The van der Waals surface area contributed by atoms with Crippen LogP contribution in [0.15, 0.2) is 30.3 Å². The Morgan fingerprint density at radius 1 is 1.33 bits per heavy atom. The van der Waals surface area contributed by atoms with Gasteiger partial charge in [-0.2, -0.15) is 0 Å². The van der Waals surface area contributed by atoms with Gasteiger partial charge in [0.2, 0.25) is 0 Å². The molecule has 1 aromatic heterocycles. The SMILES string of the molecule is CNC(=O)c1ccc(NC2CCCc3sc(I)cc32)cc1. The Labute approximate surface area is 142 Å². The predicted molar refractivity (Wildman–Crippen MR) is 96.2 cm³/mol. The third kappa shape index (κ3) is 3.23. The van der Waals surface area contributed by atoms with E-state index in [2.05, 4.69) is 39.3 Å². The minimum Gasteiger partial charge on any atom is -0.378 e. The summed E-state index contributed by atoms with van der Waals surface area (Å²) in [5, 5.41) is 6.25. The summed E-state index contributed by atoms with van der Waals surface area (Å²) in [6.07, 6.45) is 3.60. The van der Waals surface area contributed by atoms with Crippen molar-refractivity contribution in [3.8, 4) is 0 Å². The molecule has 21 heavy (non-hydrogen) atoms. The fourth-order valence-electron chi connectivity index (χ4n) is 2.73. The Bertz CT molecular complexity index is 651. The lowest BCUT2D eigenvalue weighted by atomic mass is 9.94. The Morgan fingerprint density at radius 2 is 2.10 bits per heavy atom. The minimum atomic E-state index is -0.0473. The maximum Gasteiger partial charge on any atom is 0.251 e. The van der Waals surface area contributed by atoms with E-state index in [0.29, 0.717) is 11.6 Å². The molecule has 3 nitrogen and oxygen atoms in total. The third-order valence-electron chi connectivity index (χ3n) is 3.80. The van der Waals surface area contributed by atoms with E-state index in [1.165, 1.54) is 26.2 Å². The number of thiophene rings is 1. The zero-order chi connectivity index (χ0) is 14.8. The Balaban J connectivity index is 1.77. The van der Waals surface area contributed by atoms with Gasteiger partial charge in [-0.25, -0.2) is 0 Å². The van der Waals surface area contributed by atoms with Crippen LogP contribution in [0, 0.1) is 2.88 Å². The summed E-state index contributed by atoms with van der Waals surface area (Å²) in [6, 6.07) is 10.4. The molecule has 1 heterocycles. The average molecular weight is 412 g/mol. The van der Waals surface area contributed by atoms with E-state index in [0.717, 1.165) is 12.1 Å². The van der Waals surface area contributed by atoms with Crippen LogP contribution in [-0.2, 0) is 6.42 Å². The molecule has 0 fully saturated rings. The topological polar surface area (TPSA) is 41.1 Å². The summed E-state index contributed by atoms with van der Waals surface area (Å²) in [4.78, 5) is 13.1. The van der Waals surface area contributed by atoms with Crippen molar-refractivity contribution in [1.29, 1.82) is 0 Å². The highest BCUT2D eigenvalue weighted by Crippen LogP contribution is 2.38. The highest BCUT2D eigenvalue weighted by atomic mass is 127. The maximum absolute atomic E-state index is 11.6. The molecular weight excluding hydrogens is 395 g/mol. The molecule has 3 rings (SSSR count). The number of rotatable bonds is 3. The highest BCUT2D eigenvalue weighted by molar-refractivity contribution is 14.1. The summed E-state index contributed by atoms with van der Waals surface area (Å²) in [7, 11) is 1.65. The quantitative estimate of drug-likeness (QED) is 0.742. The van der Waals surface area contributed by atoms with Crippen molar-refractivity contribution in [1.82, 2.24) is 5.32 Å². The second-order valence-electron chi connectivity index (χ2n) is 5.17. The lowest BCUT2D eigenvalue weighted by molar-refractivity contribution is 0.0963. The van der Waals surface area contributed by atoms with Gasteiger partial charge in [-0.15, -0.1) is 11.3 Å². The number of nitrogens with one attached hydrogen (secondary N) is 2. The van der Waals surface area contributed by atoms with Crippen molar-refractivity contribution in [2.24, 2.45) is 0 Å². The van der Waals surface area contributed by atoms with Crippen molar-refractivity contribution >= 4 is 45.5 Å². The van der Waals surface area contributed by atoms with Crippen LogP contribution in [0.1, 0.15) is 39.7 Å². The second-order valence-corrected chi connectivity index (χ2v) is 8.21. The molecule has 1 aromatic carbocycles. The summed E-state index contributed by atoms with van der Waals surface area (Å²) in [6.45, 7) is 0. The largest absolute Gasteiger partial charge is 0.378 e. The van der Waals surface area contributed by atoms with Gasteiger partial charge in [0, 0.05) is 23.2 Å². The van der Waals surface area contributed by atoms with Gasteiger partial charge in [-0.05, 0) is 77.7 Å². The number of fused-ring (bicyclic) bond motifs is 1. The Kier molecular flexibility index (Phi) is 4.49. The zero-order valence-corrected chi connectivity index (χ0v) is 14.8. The van der Waals surface area contributed by atoms with E-state index in [1.807, 2.05) is 35.6 Å². The summed E-state index contributed by atoms with van der Waals surface area (Å²) >= 11 is 4.31. The number of amides is 1. The summed E-state index contributed by atoms with van der Waals surface area (Å²) in [5.41, 5.74) is 3.21. The van der Waals surface area contributed by atoms with Gasteiger partial charge >= 0.3 is 0 Å². The number of hydrogen-bond donors (Lipinski definition) is 2. The standard InChI is InChI=1S/C16H17IN2OS/c1-18-16(20)10-5-7-11(8-6-10)19-13-3-2-4-14-12(13)9-15(17)21-14/h5-9,13,19H,2-4H2,1H3,(H,18,20). The normalized spacial score (nSPS) is 17.1. The number of aryl methyl sites for hydroxylation is 1. The molecule has 0 radical (unpaired) electrons. The van der Waals surface area contributed by atoms with Gasteiger partial charge < -0.3 is 10.6 Å². The molecule has 110 valence electrons. The van der Waals surface area contributed by atoms with Crippen molar-refractivity contribution in [2.75, 3.05) is 12.4 Å². The van der Waals surface area contributed by atoms with Gasteiger partial charge in [0.15, 0.2) is 0 Å². The number of carbonyl (C=O) groups is 1. The van der Waals surface area contributed by atoms with Crippen molar-refractivity contribution < 1.29 is 4.79 Å². The highest BCUT2D eigenvalue weighted by Gasteiger charge is 2.22. The van der Waals surface area contributed by atoms with Crippen LogP contribution in [0.2, 0.25) is 0 Å². The fourth-order valence-corrected chi connectivity index (χ4v) is 4.85. The molecule has 0 saturated carbocycles. The first-order chi connectivity index (χ1) is 10.2. The van der Waals surface area contributed by atoms with Crippen molar-refractivity contribution in [2.45, 2.75) is 25.3 Å². The first kappa shape index (κ1) is 14.8. The van der Waals surface area contributed by atoms with Gasteiger partial charge in [0.05, 0.1) is 8.93 Å². The molecular formula is C16H17IN2OS. The molecule has 1 amide bonds. The average Bonchev–Trinajstić information content (AvgIpc) is 2.88. The number of halogens is 1. The number of benzene rings is 1. The first-order valence-corrected chi connectivity index (χ1v) is 8.93. The van der Waals surface area contributed by atoms with Crippen LogP contribution in [0.25, 0.3) is 0 Å². The van der Waals surface area contributed by atoms with Crippen LogP contribution in [0.3, 0.4) is 0 Å². The molecule has 0 aliphatic heterocycles. The molecule has 2 aromatic rings. The lowest BCUT2D eigenvalue weighted by Crippen LogP contribution is -2.18.